The summed E-state index contributed by atoms with van der Waals surface area (Å²) in [4.78, 5) is 16.9. The van der Waals surface area contributed by atoms with E-state index in [0.717, 1.165) is 45.4 Å². The van der Waals surface area contributed by atoms with Crippen molar-refractivity contribution < 1.29 is 4.79 Å². The number of hydrogen-bond acceptors (Lipinski definition) is 2. The monoisotopic (exact) mass is 312 g/mol. The fourth-order valence-electron chi connectivity index (χ4n) is 4.74. The van der Waals surface area contributed by atoms with Gasteiger partial charge in [0.1, 0.15) is 0 Å². The maximum Gasteiger partial charge on any atom is 0.228 e. The van der Waals surface area contributed by atoms with Gasteiger partial charge in [-0.15, -0.1) is 0 Å². The van der Waals surface area contributed by atoms with Gasteiger partial charge in [0, 0.05) is 20.1 Å². The van der Waals surface area contributed by atoms with Crippen LogP contribution >= 0.6 is 0 Å². The first-order valence-electron chi connectivity index (χ1n) is 9.25. The molecule has 1 aromatic rings. The summed E-state index contributed by atoms with van der Waals surface area (Å²) >= 11 is 0. The van der Waals surface area contributed by atoms with E-state index in [1.54, 1.807) is 11.1 Å². The number of carbonyl (C=O) groups is 1. The summed E-state index contributed by atoms with van der Waals surface area (Å²) < 4.78 is 0. The second-order valence-electron chi connectivity index (χ2n) is 7.84. The number of aryl methyl sites for hydroxylation is 2. The highest BCUT2D eigenvalue weighted by Gasteiger charge is 2.46. The van der Waals surface area contributed by atoms with Crippen molar-refractivity contribution in [3.63, 3.8) is 0 Å². The standard InChI is InChI=1S/C20H28N2O/c1-21-11-8-20(19(21)23)9-12-22(13-10-20)15-16-6-7-17-4-2-3-5-18(17)14-16/h6-7,14H,2-5,8-13,15H2,1H3. The first kappa shape index (κ1) is 15.2. The molecule has 3 heteroatoms. The SMILES string of the molecule is CN1CCC2(CCN(Cc3ccc4c(c3)CCCC4)CC2)C1=O. The highest BCUT2D eigenvalue weighted by atomic mass is 16.2. The fraction of sp³-hybridized carbons (Fsp3) is 0.650. The minimum Gasteiger partial charge on any atom is -0.345 e. The molecule has 3 nitrogen and oxygen atoms in total. The third-order valence-corrected chi connectivity index (χ3v) is 6.36. The predicted octanol–water partition coefficient (Wildman–Crippen LogP) is 3.01. The van der Waals surface area contributed by atoms with E-state index in [2.05, 4.69) is 23.1 Å². The summed E-state index contributed by atoms with van der Waals surface area (Å²) in [7, 11) is 1.95. The molecule has 2 heterocycles. The Morgan fingerprint density at radius 2 is 1.70 bits per heavy atom. The number of likely N-dealkylation sites (tertiary alicyclic amines) is 2. The zero-order valence-corrected chi connectivity index (χ0v) is 14.3. The number of piperidine rings is 1. The van der Waals surface area contributed by atoms with Crippen molar-refractivity contribution in [2.75, 3.05) is 26.7 Å². The van der Waals surface area contributed by atoms with Crippen molar-refractivity contribution >= 4 is 5.91 Å². The van der Waals surface area contributed by atoms with Crippen LogP contribution in [0.15, 0.2) is 18.2 Å². The van der Waals surface area contributed by atoms with Gasteiger partial charge in [0.05, 0.1) is 5.41 Å². The van der Waals surface area contributed by atoms with Crippen LogP contribution in [0.3, 0.4) is 0 Å². The molecule has 1 aromatic carbocycles. The van der Waals surface area contributed by atoms with Crippen LogP contribution < -0.4 is 0 Å². The van der Waals surface area contributed by atoms with Gasteiger partial charge in [-0.3, -0.25) is 9.69 Å². The van der Waals surface area contributed by atoms with Gasteiger partial charge >= 0.3 is 0 Å². The number of benzene rings is 1. The Labute approximate surface area is 139 Å². The molecular formula is C20H28N2O. The van der Waals surface area contributed by atoms with Gasteiger partial charge in [-0.1, -0.05) is 18.2 Å². The van der Waals surface area contributed by atoms with E-state index in [9.17, 15) is 4.79 Å². The Balaban J connectivity index is 1.39. The molecule has 0 atom stereocenters. The summed E-state index contributed by atoms with van der Waals surface area (Å²) in [5, 5.41) is 0. The number of rotatable bonds is 2. The quantitative estimate of drug-likeness (QED) is 0.838. The van der Waals surface area contributed by atoms with Gasteiger partial charge in [0.15, 0.2) is 0 Å². The second-order valence-corrected chi connectivity index (χ2v) is 7.84. The second kappa shape index (κ2) is 5.94. The van der Waals surface area contributed by atoms with Crippen LogP contribution in [-0.4, -0.2) is 42.4 Å². The average molecular weight is 312 g/mol. The summed E-state index contributed by atoms with van der Waals surface area (Å²) in [5.41, 5.74) is 4.57. The van der Waals surface area contributed by atoms with Crippen molar-refractivity contribution in [3.8, 4) is 0 Å². The number of fused-ring (bicyclic) bond motifs is 1. The lowest BCUT2D eigenvalue weighted by molar-refractivity contribution is -0.137. The molecule has 2 aliphatic heterocycles. The molecule has 0 saturated carbocycles. The lowest BCUT2D eigenvalue weighted by Crippen LogP contribution is -2.43. The third kappa shape index (κ3) is 2.80. The minimum absolute atomic E-state index is 0.0267. The van der Waals surface area contributed by atoms with E-state index in [1.807, 2.05) is 11.9 Å². The Morgan fingerprint density at radius 1 is 1.00 bits per heavy atom. The third-order valence-electron chi connectivity index (χ3n) is 6.36. The topological polar surface area (TPSA) is 23.6 Å². The molecule has 0 unspecified atom stereocenters. The van der Waals surface area contributed by atoms with E-state index < -0.39 is 0 Å². The molecule has 1 amide bonds. The largest absolute Gasteiger partial charge is 0.345 e. The van der Waals surface area contributed by atoms with Crippen LogP contribution in [0.2, 0.25) is 0 Å². The summed E-state index contributed by atoms with van der Waals surface area (Å²) in [5.74, 6) is 0.394. The molecule has 0 aromatic heterocycles. The molecular weight excluding hydrogens is 284 g/mol. The molecule has 1 aliphatic carbocycles. The van der Waals surface area contributed by atoms with Gasteiger partial charge in [-0.2, -0.15) is 0 Å². The fourth-order valence-corrected chi connectivity index (χ4v) is 4.74. The molecule has 4 rings (SSSR count). The van der Waals surface area contributed by atoms with E-state index in [1.165, 1.54) is 31.2 Å². The predicted molar refractivity (Wildman–Crippen MR) is 92.3 cm³/mol. The minimum atomic E-state index is -0.0267. The van der Waals surface area contributed by atoms with E-state index in [-0.39, 0.29) is 5.41 Å². The van der Waals surface area contributed by atoms with Gasteiger partial charge in [0.25, 0.3) is 0 Å². The molecule has 2 fully saturated rings. The Morgan fingerprint density at radius 3 is 2.39 bits per heavy atom. The number of hydrogen-bond donors (Lipinski definition) is 0. The lowest BCUT2D eigenvalue weighted by Gasteiger charge is -2.37. The summed E-state index contributed by atoms with van der Waals surface area (Å²) in [6.45, 7) is 4.13. The zero-order valence-electron chi connectivity index (χ0n) is 14.3. The van der Waals surface area contributed by atoms with Crippen LogP contribution in [0.5, 0.6) is 0 Å². The first-order valence-corrected chi connectivity index (χ1v) is 9.25. The van der Waals surface area contributed by atoms with E-state index in [0.29, 0.717) is 5.91 Å². The van der Waals surface area contributed by atoms with Crippen molar-refractivity contribution in [2.24, 2.45) is 5.41 Å². The van der Waals surface area contributed by atoms with E-state index >= 15 is 0 Å². The van der Waals surface area contributed by atoms with Crippen LogP contribution in [0.25, 0.3) is 0 Å². The first-order chi connectivity index (χ1) is 11.2. The zero-order chi connectivity index (χ0) is 15.9. The average Bonchev–Trinajstić information content (AvgIpc) is 2.86. The van der Waals surface area contributed by atoms with Gasteiger partial charge in [-0.05, 0) is 74.7 Å². The molecule has 124 valence electrons. The Hall–Kier alpha value is -1.35. The molecule has 0 N–H and O–H groups in total. The van der Waals surface area contributed by atoms with Crippen molar-refractivity contribution in [1.29, 1.82) is 0 Å². The molecule has 1 spiro atoms. The summed E-state index contributed by atoms with van der Waals surface area (Å²) in [6, 6.07) is 7.11. The van der Waals surface area contributed by atoms with Gasteiger partial charge in [-0.25, -0.2) is 0 Å². The van der Waals surface area contributed by atoms with Crippen LogP contribution in [0.1, 0.15) is 48.8 Å². The number of amides is 1. The van der Waals surface area contributed by atoms with Crippen molar-refractivity contribution in [3.05, 3.63) is 34.9 Å². The molecule has 23 heavy (non-hydrogen) atoms. The normalized spacial score (nSPS) is 24.2. The highest BCUT2D eigenvalue weighted by Crippen LogP contribution is 2.41. The number of nitrogens with zero attached hydrogens (tertiary/aromatic N) is 2. The molecule has 0 radical (unpaired) electrons. The highest BCUT2D eigenvalue weighted by molar-refractivity contribution is 5.84. The number of carbonyl (C=O) groups excluding carboxylic acids is 1. The van der Waals surface area contributed by atoms with E-state index in [4.69, 9.17) is 0 Å². The molecule has 2 saturated heterocycles. The van der Waals surface area contributed by atoms with Crippen molar-refractivity contribution in [2.45, 2.75) is 51.5 Å². The molecule has 3 aliphatic rings. The van der Waals surface area contributed by atoms with Crippen molar-refractivity contribution in [1.82, 2.24) is 9.80 Å². The summed E-state index contributed by atoms with van der Waals surface area (Å²) in [6.07, 6.45) is 8.36. The van der Waals surface area contributed by atoms with Crippen LogP contribution in [-0.2, 0) is 24.2 Å². The molecule has 0 bridgehead atoms. The van der Waals surface area contributed by atoms with Gasteiger partial charge < -0.3 is 4.90 Å². The van der Waals surface area contributed by atoms with Gasteiger partial charge in [0.2, 0.25) is 5.91 Å². The van der Waals surface area contributed by atoms with Crippen LogP contribution in [0.4, 0.5) is 0 Å². The van der Waals surface area contributed by atoms with Crippen LogP contribution in [0, 0.1) is 5.41 Å². The maximum absolute atomic E-state index is 12.4. The smallest absolute Gasteiger partial charge is 0.228 e. The Bertz CT molecular complexity index is 602. The Kier molecular flexibility index (Phi) is 3.92. The maximum atomic E-state index is 12.4. The lowest BCUT2D eigenvalue weighted by atomic mass is 9.77.